The first-order valence-electron chi connectivity index (χ1n) is 27.0. The highest BCUT2D eigenvalue weighted by atomic mass is 16.6. The predicted octanol–water partition coefficient (Wildman–Crippen LogP) is 17.8. The van der Waals surface area contributed by atoms with E-state index in [1.807, 2.05) is 0 Å². The van der Waals surface area contributed by atoms with Crippen molar-refractivity contribution in [3.8, 4) is 0 Å². The van der Waals surface area contributed by atoms with E-state index in [2.05, 4.69) is 93.7 Å². The Balaban J connectivity index is 4.44. The average molecular weight is 893 g/mol. The van der Waals surface area contributed by atoms with Crippen LogP contribution in [0, 0.1) is 0 Å². The van der Waals surface area contributed by atoms with E-state index in [0.717, 1.165) is 109 Å². The summed E-state index contributed by atoms with van der Waals surface area (Å²) < 4.78 is 16.8. The lowest BCUT2D eigenvalue weighted by Gasteiger charge is -2.18. The highest BCUT2D eigenvalue weighted by Crippen LogP contribution is 2.14. The number of allylic oxidation sites excluding steroid dienone is 12. The predicted molar refractivity (Wildman–Crippen MR) is 274 cm³/mol. The normalized spacial score (nSPS) is 12.6. The van der Waals surface area contributed by atoms with Crippen molar-refractivity contribution in [1.82, 2.24) is 0 Å². The van der Waals surface area contributed by atoms with Crippen molar-refractivity contribution in [2.75, 3.05) is 13.2 Å². The third-order valence-electron chi connectivity index (χ3n) is 11.5. The van der Waals surface area contributed by atoms with Crippen molar-refractivity contribution >= 4 is 17.9 Å². The second-order valence-corrected chi connectivity index (χ2v) is 17.8. The van der Waals surface area contributed by atoms with E-state index < -0.39 is 6.10 Å². The standard InChI is InChI=1S/C58H100O6/c1-4-7-10-13-16-19-22-25-28-29-30-31-34-36-39-42-45-48-51-57(60)63-54-55(64-58(61)52-49-46-43-40-37-33-27-24-21-18-15-12-9-6-3)53-62-56(59)50-47-44-41-38-35-32-26-23-20-17-14-11-8-5-2/h9,12,18,21-22,25,28-32,35,55H,4-8,10-11,13-17,19-20,23-24,26-27,33-34,36-54H2,1-3H3/b12-9-,21-18-,25-22-,29-28-,31-30-,35-32-. The summed E-state index contributed by atoms with van der Waals surface area (Å²) in [5.41, 5.74) is 0. The molecule has 1 atom stereocenters. The molecule has 0 saturated carbocycles. The van der Waals surface area contributed by atoms with Crippen LogP contribution in [0.4, 0.5) is 0 Å². The van der Waals surface area contributed by atoms with E-state index in [9.17, 15) is 14.4 Å². The Bertz CT molecular complexity index is 1210. The molecule has 0 aromatic heterocycles. The zero-order chi connectivity index (χ0) is 46.5. The van der Waals surface area contributed by atoms with Gasteiger partial charge in [-0.1, -0.05) is 216 Å². The van der Waals surface area contributed by atoms with E-state index in [1.165, 1.54) is 109 Å². The number of hydrogen-bond acceptors (Lipinski definition) is 6. The highest BCUT2D eigenvalue weighted by molar-refractivity contribution is 5.71. The molecule has 0 aromatic rings. The van der Waals surface area contributed by atoms with Crippen LogP contribution < -0.4 is 0 Å². The summed E-state index contributed by atoms with van der Waals surface area (Å²) in [6.45, 7) is 6.48. The fraction of sp³-hybridized carbons (Fsp3) is 0.741. The summed E-state index contributed by atoms with van der Waals surface area (Å²) in [5.74, 6) is -0.932. The topological polar surface area (TPSA) is 78.9 Å². The maximum Gasteiger partial charge on any atom is 0.306 e. The van der Waals surface area contributed by atoms with E-state index in [1.54, 1.807) is 0 Å². The Morgan fingerprint density at radius 2 is 0.672 bits per heavy atom. The van der Waals surface area contributed by atoms with Crippen LogP contribution in [0.3, 0.4) is 0 Å². The summed E-state index contributed by atoms with van der Waals surface area (Å²) in [5, 5.41) is 0. The molecule has 0 radical (unpaired) electrons. The van der Waals surface area contributed by atoms with Gasteiger partial charge in [0.05, 0.1) is 0 Å². The second-order valence-electron chi connectivity index (χ2n) is 17.8. The Kier molecular flexibility index (Phi) is 49.9. The number of carbonyl (C=O) groups is 3. The molecule has 0 rings (SSSR count). The zero-order valence-electron chi connectivity index (χ0n) is 42.0. The summed E-state index contributed by atoms with van der Waals surface area (Å²) in [7, 11) is 0. The van der Waals surface area contributed by atoms with Crippen LogP contribution >= 0.6 is 0 Å². The first-order chi connectivity index (χ1) is 31.5. The molecule has 0 bridgehead atoms. The van der Waals surface area contributed by atoms with Crippen molar-refractivity contribution in [2.45, 2.75) is 264 Å². The number of ether oxygens (including phenoxy) is 3. The first kappa shape index (κ1) is 60.9. The smallest absolute Gasteiger partial charge is 0.306 e. The lowest BCUT2D eigenvalue weighted by atomic mass is 10.1. The molecule has 0 aliphatic rings. The van der Waals surface area contributed by atoms with Crippen molar-refractivity contribution < 1.29 is 28.6 Å². The Labute approximate surface area is 395 Å². The maximum atomic E-state index is 12.8. The number of unbranched alkanes of at least 4 members (excludes halogenated alkanes) is 27. The molecule has 0 spiro atoms. The number of esters is 3. The molecule has 0 aromatic carbocycles. The van der Waals surface area contributed by atoms with Crippen LogP contribution in [0.15, 0.2) is 72.9 Å². The van der Waals surface area contributed by atoms with Gasteiger partial charge in [-0.3, -0.25) is 14.4 Å². The van der Waals surface area contributed by atoms with E-state index in [0.29, 0.717) is 19.3 Å². The summed E-state index contributed by atoms with van der Waals surface area (Å²) in [6, 6.07) is 0. The maximum absolute atomic E-state index is 12.8. The van der Waals surface area contributed by atoms with Gasteiger partial charge >= 0.3 is 17.9 Å². The van der Waals surface area contributed by atoms with Crippen molar-refractivity contribution in [3.63, 3.8) is 0 Å². The van der Waals surface area contributed by atoms with Gasteiger partial charge in [0.2, 0.25) is 0 Å². The molecule has 0 N–H and O–H groups in total. The molecule has 64 heavy (non-hydrogen) atoms. The minimum Gasteiger partial charge on any atom is -0.462 e. The summed E-state index contributed by atoms with van der Waals surface area (Å²) >= 11 is 0. The van der Waals surface area contributed by atoms with Gasteiger partial charge in [0, 0.05) is 19.3 Å². The Morgan fingerprint density at radius 1 is 0.344 bits per heavy atom. The van der Waals surface area contributed by atoms with Crippen molar-refractivity contribution in [2.24, 2.45) is 0 Å². The van der Waals surface area contributed by atoms with E-state index >= 15 is 0 Å². The molecule has 6 nitrogen and oxygen atoms in total. The minimum absolute atomic E-state index is 0.0933. The summed E-state index contributed by atoms with van der Waals surface area (Å²) in [6.07, 6.45) is 66.0. The lowest BCUT2D eigenvalue weighted by molar-refractivity contribution is -0.167. The first-order valence-corrected chi connectivity index (χ1v) is 27.0. The van der Waals surface area contributed by atoms with Gasteiger partial charge in [-0.15, -0.1) is 0 Å². The van der Waals surface area contributed by atoms with Crippen LogP contribution in [0.1, 0.15) is 258 Å². The monoisotopic (exact) mass is 893 g/mol. The average Bonchev–Trinajstić information content (AvgIpc) is 3.29. The van der Waals surface area contributed by atoms with Crippen LogP contribution in [-0.4, -0.2) is 37.2 Å². The molecule has 1 unspecified atom stereocenters. The Morgan fingerprint density at radius 3 is 1.09 bits per heavy atom. The number of carbonyl (C=O) groups excluding carboxylic acids is 3. The molecule has 368 valence electrons. The molecular formula is C58H100O6. The van der Waals surface area contributed by atoms with Gasteiger partial charge in [0.15, 0.2) is 6.10 Å². The van der Waals surface area contributed by atoms with Gasteiger partial charge < -0.3 is 14.2 Å². The minimum atomic E-state index is -0.794. The molecular weight excluding hydrogens is 793 g/mol. The largest absolute Gasteiger partial charge is 0.462 e. The van der Waals surface area contributed by atoms with E-state index in [-0.39, 0.29) is 31.1 Å². The molecule has 0 heterocycles. The van der Waals surface area contributed by atoms with Crippen molar-refractivity contribution in [1.29, 1.82) is 0 Å². The van der Waals surface area contributed by atoms with Crippen LogP contribution in [0.5, 0.6) is 0 Å². The van der Waals surface area contributed by atoms with Gasteiger partial charge in [-0.2, -0.15) is 0 Å². The SMILES string of the molecule is CC/C=C\C/C=C\CCCCCCCCCC(=O)OC(COC(=O)CCCCC/C=C\CCCCCCCCC)COC(=O)CCCCCCC\C=C/C=C\C=C/CCCCCCC. The quantitative estimate of drug-likeness (QED) is 0.0199. The van der Waals surface area contributed by atoms with E-state index in [4.69, 9.17) is 14.2 Å². The lowest BCUT2D eigenvalue weighted by Crippen LogP contribution is -2.30. The molecule has 6 heteroatoms. The second kappa shape index (κ2) is 52.5. The third-order valence-corrected chi connectivity index (χ3v) is 11.5. The number of hydrogen-bond donors (Lipinski definition) is 0. The van der Waals surface area contributed by atoms with Gasteiger partial charge in [-0.05, 0) is 96.3 Å². The van der Waals surface area contributed by atoms with Gasteiger partial charge in [-0.25, -0.2) is 0 Å². The molecule has 0 fully saturated rings. The molecule has 0 amide bonds. The van der Waals surface area contributed by atoms with Crippen molar-refractivity contribution in [3.05, 3.63) is 72.9 Å². The van der Waals surface area contributed by atoms with Gasteiger partial charge in [0.25, 0.3) is 0 Å². The summed E-state index contributed by atoms with van der Waals surface area (Å²) in [4.78, 5) is 38.0. The third kappa shape index (κ3) is 49.9. The van der Waals surface area contributed by atoms with Gasteiger partial charge in [0.1, 0.15) is 13.2 Å². The highest BCUT2D eigenvalue weighted by Gasteiger charge is 2.19. The number of rotatable bonds is 48. The Hall–Kier alpha value is -3.15. The molecule has 0 aliphatic heterocycles. The molecule has 0 aliphatic carbocycles. The van der Waals surface area contributed by atoms with Crippen LogP contribution in [0.25, 0.3) is 0 Å². The van der Waals surface area contributed by atoms with Crippen LogP contribution in [0.2, 0.25) is 0 Å². The molecule has 0 saturated heterocycles. The zero-order valence-corrected chi connectivity index (χ0v) is 42.0. The fourth-order valence-corrected chi connectivity index (χ4v) is 7.42. The fourth-order valence-electron chi connectivity index (χ4n) is 7.42. The van der Waals surface area contributed by atoms with Crippen LogP contribution in [-0.2, 0) is 28.6 Å².